The normalized spacial score (nSPS) is 12.2. The minimum absolute atomic E-state index is 0.0849. The molecule has 1 heterocycles. The third kappa shape index (κ3) is 5.07. The van der Waals surface area contributed by atoms with E-state index in [0.29, 0.717) is 5.69 Å². The number of aliphatic hydroxyl groups is 1. The van der Waals surface area contributed by atoms with Gasteiger partial charge < -0.3 is 15.7 Å². The lowest BCUT2D eigenvalue weighted by molar-refractivity contribution is 0.125. The molecule has 1 aromatic carbocycles. The zero-order valence-electron chi connectivity index (χ0n) is 13.2. The quantitative estimate of drug-likeness (QED) is 0.760. The highest BCUT2D eigenvalue weighted by atomic mass is 19.1. The Kier molecular flexibility index (Phi) is 5.70. The predicted molar refractivity (Wildman–Crippen MR) is 84.6 cm³/mol. The van der Waals surface area contributed by atoms with Crippen molar-refractivity contribution in [3.8, 4) is 5.69 Å². The van der Waals surface area contributed by atoms with E-state index in [4.69, 9.17) is 0 Å². The zero-order valence-corrected chi connectivity index (χ0v) is 13.2. The molecule has 0 bridgehead atoms. The van der Waals surface area contributed by atoms with E-state index in [-0.39, 0.29) is 30.9 Å². The molecular formula is C16H21FN4O2. The van der Waals surface area contributed by atoms with E-state index in [0.717, 1.165) is 5.69 Å². The Hall–Kier alpha value is -2.41. The highest BCUT2D eigenvalue weighted by Crippen LogP contribution is 2.08. The SMILES string of the molecule is CC(C)C(O)CNC(=O)NCc1ccn(-c2ccc(F)cc2)n1. The Morgan fingerprint density at radius 2 is 1.96 bits per heavy atom. The molecule has 0 spiro atoms. The largest absolute Gasteiger partial charge is 0.391 e. The molecule has 0 fully saturated rings. The fourth-order valence-corrected chi connectivity index (χ4v) is 1.86. The number of aromatic nitrogens is 2. The van der Waals surface area contributed by atoms with Gasteiger partial charge in [-0.25, -0.2) is 13.9 Å². The number of rotatable bonds is 6. The predicted octanol–water partition coefficient (Wildman–Crippen LogP) is 1.83. The highest BCUT2D eigenvalue weighted by molar-refractivity contribution is 5.73. The van der Waals surface area contributed by atoms with Crippen LogP contribution in [0.4, 0.5) is 9.18 Å². The highest BCUT2D eigenvalue weighted by Gasteiger charge is 2.10. The van der Waals surface area contributed by atoms with Crippen LogP contribution < -0.4 is 10.6 Å². The molecule has 2 amide bonds. The van der Waals surface area contributed by atoms with Crippen molar-refractivity contribution in [2.45, 2.75) is 26.5 Å². The van der Waals surface area contributed by atoms with Crippen LogP contribution in [-0.4, -0.2) is 33.6 Å². The molecule has 23 heavy (non-hydrogen) atoms. The minimum atomic E-state index is -0.571. The van der Waals surface area contributed by atoms with E-state index in [1.54, 1.807) is 29.1 Å². The van der Waals surface area contributed by atoms with Gasteiger partial charge in [0.25, 0.3) is 0 Å². The number of hydrogen-bond donors (Lipinski definition) is 3. The molecule has 124 valence electrons. The number of amides is 2. The Labute approximate surface area is 134 Å². The van der Waals surface area contributed by atoms with Gasteiger partial charge in [0.1, 0.15) is 5.82 Å². The summed E-state index contributed by atoms with van der Waals surface area (Å²) in [6.45, 7) is 4.23. The molecule has 1 atom stereocenters. The number of urea groups is 1. The van der Waals surface area contributed by atoms with Crippen molar-refractivity contribution in [1.29, 1.82) is 0 Å². The molecule has 0 saturated heterocycles. The van der Waals surface area contributed by atoms with Crippen LogP contribution in [0, 0.1) is 11.7 Å². The van der Waals surface area contributed by atoms with Crippen molar-refractivity contribution in [3.05, 3.63) is 48.0 Å². The van der Waals surface area contributed by atoms with Crippen molar-refractivity contribution in [3.63, 3.8) is 0 Å². The number of nitrogens with zero attached hydrogens (tertiary/aromatic N) is 2. The van der Waals surface area contributed by atoms with Crippen LogP contribution in [0.15, 0.2) is 36.5 Å². The fraction of sp³-hybridized carbons (Fsp3) is 0.375. The van der Waals surface area contributed by atoms with Gasteiger partial charge in [0.2, 0.25) is 0 Å². The van der Waals surface area contributed by atoms with Crippen molar-refractivity contribution in [2.24, 2.45) is 5.92 Å². The van der Waals surface area contributed by atoms with Gasteiger partial charge in [-0.2, -0.15) is 5.10 Å². The van der Waals surface area contributed by atoms with Gasteiger partial charge in [-0.15, -0.1) is 0 Å². The van der Waals surface area contributed by atoms with E-state index in [1.165, 1.54) is 12.1 Å². The zero-order chi connectivity index (χ0) is 16.8. The van der Waals surface area contributed by atoms with Crippen molar-refractivity contribution in [2.75, 3.05) is 6.54 Å². The van der Waals surface area contributed by atoms with Gasteiger partial charge in [-0.1, -0.05) is 13.8 Å². The molecule has 2 rings (SSSR count). The van der Waals surface area contributed by atoms with Crippen molar-refractivity contribution >= 4 is 6.03 Å². The molecule has 2 aromatic rings. The van der Waals surface area contributed by atoms with Crippen LogP contribution in [-0.2, 0) is 6.54 Å². The van der Waals surface area contributed by atoms with E-state index >= 15 is 0 Å². The number of carbonyl (C=O) groups is 1. The fourth-order valence-electron chi connectivity index (χ4n) is 1.86. The Bertz CT molecular complexity index is 640. The third-order valence-electron chi connectivity index (χ3n) is 3.41. The first-order chi connectivity index (χ1) is 11.0. The summed E-state index contributed by atoms with van der Waals surface area (Å²) in [7, 11) is 0. The summed E-state index contributed by atoms with van der Waals surface area (Å²) in [5, 5.41) is 19.2. The molecule has 0 aliphatic heterocycles. The van der Waals surface area contributed by atoms with Crippen LogP contribution in [0.1, 0.15) is 19.5 Å². The molecule has 1 unspecified atom stereocenters. The van der Waals surface area contributed by atoms with Gasteiger partial charge in [0, 0.05) is 12.7 Å². The first-order valence-corrected chi connectivity index (χ1v) is 7.46. The van der Waals surface area contributed by atoms with Crippen LogP contribution in [0.2, 0.25) is 0 Å². The maximum atomic E-state index is 12.9. The lowest BCUT2D eigenvalue weighted by Crippen LogP contribution is -2.40. The van der Waals surface area contributed by atoms with Gasteiger partial charge in [0.05, 0.1) is 24.0 Å². The topological polar surface area (TPSA) is 79.2 Å². The maximum Gasteiger partial charge on any atom is 0.315 e. The summed E-state index contributed by atoms with van der Waals surface area (Å²) in [5.41, 5.74) is 1.41. The van der Waals surface area contributed by atoms with Gasteiger partial charge in [-0.3, -0.25) is 0 Å². The van der Waals surface area contributed by atoms with E-state index in [1.807, 2.05) is 13.8 Å². The van der Waals surface area contributed by atoms with Crippen LogP contribution in [0.3, 0.4) is 0 Å². The van der Waals surface area contributed by atoms with Crippen molar-refractivity contribution in [1.82, 2.24) is 20.4 Å². The Morgan fingerprint density at radius 3 is 2.61 bits per heavy atom. The Morgan fingerprint density at radius 1 is 1.26 bits per heavy atom. The average molecular weight is 320 g/mol. The van der Waals surface area contributed by atoms with E-state index < -0.39 is 6.10 Å². The standard InChI is InChI=1S/C16H21FN4O2/c1-11(2)15(22)10-19-16(23)18-9-13-7-8-21(20-13)14-5-3-12(17)4-6-14/h3-8,11,15,22H,9-10H2,1-2H3,(H2,18,19,23). The molecule has 7 heteroatoms. The third-order valence-corrected chi connectivity index (χ3v) is 3.41. The minimum Gasteiger partial charge on any atom is -0.391 e. The molecule has 0 radical (unpaired) electrons. The molecule has 3 N–H and O–H groups in total. The number of halogens is 1. The second-order valence-corrected chi connectivity index (χ2v) is 5.60. The van der Waals surface area contributed by atoms with E-state index in [2.05, 4.69) is 15.7 Å². The second-order valence-electron chi connectivity index (χ2n) is 5.60. The summed E-state index contributed by atoms with van der Waals surface area (Å²) in [6, 6.07) is 7.39. The lowest BCUT2D eigenvalue weighted by atomic mass is 10.1. The second kappa shape index (κ2) is 7.73. The maximum absolute atomic E-state index is 12.9. The van der Waals surface area contributed by atoms with Crippen LogP contribution >= 0.6 is 0 Å². The molecule has 0 aliphatic rings. The number of carbonyl (C=O) groups excluding carboxylic acids is 1. The molecular weight excluding hydrogens is 299 g/mol. The summed E-state index contributed by atoms with van der Waals surface area (Å²) in [6.07, 6.45) is 1.17. The van der Waals surface area contributed by atoms with Gasteiger partial charge in [0.15, 0.2) is 0 Å². The molecule has 0 saturated carbocycles. The number of aliphatic hydroxyl groups excluding tert-OH is 1. The summed E-state index contributed by atoms with van der Waals surface area (Å²) in [5.74, 6) is -0.218. The first kappa shape index (κ1) is 17.0. The van der Waals surface area contributed by atoms with Gasteiger partial charge >= 0.3 is 6.03 Å². The van der Waals surface area contributed by atoms with E-state index in [9.17, 15) is 14.3 Å². The monoisotopic (exact) mass is 320 g/mol. The summed E-state index contributed by atoms with van der Waals surface area (Å²) >= 11 is 0. The molecule has 0 aliphatic carbocycles. The smallest absolute Gasteiger partial charge is 0.315 e. The first-order valence-electron chi connectivity index (χ1n) is 7.46. The number of benzene rings is 1. The van der Waals surface area contributed by atoms with Gasteiger partial charge in [-0.05, 0) is 36.2 Å². The summed E-state index contributed by atoms with van der Waals surface area (Å²) in [4.78, 5) is 11.6. The molecule has 6 nitrogen and oxygen atoms in total. The molecule has 1 aromatic heterocycles. The van der Waals surface area contributed by atoms with Crippen LogP contribution in [0.25, 0.3) is 5.69 Å². The lowest BCUT2D eigenvalue weighted by Gasteiger charge is -2.15. The Balaban J connectivity index is 1.83. The number of nitrogens with one attached hydrogen (secondary N) is 2. The van der Waals surface area contributed by atoms with Crippen LogP contribution in [0.5, 0.6) is 0 Å². The average Bonchev–Trinajstić information content (AvgIpc) is 3.00. The number of hydrogen-bond acceptors (Lipinski definition) is 3. The summed E-state index contributed by atoms with van der Waals surface area (Å²) < 4.78 is 14.5. The van der Waals surface area contributed by atoms with Crippen molar-refractivity contribution < 1.29 is 14.3 Å².